The summed E-state index contributed by atoms with van der Waals surface area (Å²) >= 11 is 11.6. The molecule has 1 saturated heterocycles. The van der Waals surface area contributed by atoms with E-state index in [0.717, 1.165) is 0 Å². The number of aliphatic hydroxyl groups is 3. The van der Waals surface area contributed by atoms with Crippen molar-refractivity contribution >= 4 is 29.1 Å². The Kier molecular flexibility index (Phi) is 6.46. The van der Waals surface area contributed by atoms with Crippen molar-refractivity contribution in [2.45, 2.75) is 24.3 Å². The lowest BCUT2D eigenvalue weighted by Gasteiger charge is -2.16. The number of halogens is 2. The molecule has 0 aliphatic carbocycles. The number of benzene rings is 1. The molecule has 4 atom stereocenters. The van der Waals surface area contributed by atoms with Gasteiger partial charge in [0.25, 0.3) is 5.91 Å². The van der Waals surface area contributed by atoms with Gasteiger partial charge in [-0.1, -0.05) is 23.2 Å². The molecule has 7 nitrogen and oxygen atoms in total. The van der Waals surface area contributed by atoms with Crippen LogP contribution in [-0.2, 0) is 4.79 Å². The minimum absolute atomic E-state index is 0.0955. The number of hydrogen-bond acceptors (Lipinski definition) is 6. The van der Waals surface area contributed by atoms with Gasteiger partial charge in [-0.2, -0.15) is 0 Å². The molecule has 1 aromatic rings. The van der Waals surface area contributed by atoms with Gasteiger partial charge in [0.2, 0.25) is 0 Å². The first-order valence-electron chi connectivity index (χ1n) is 7.00. The summed E-state index contributed by atoms with van der Waals surface area (Å²) in [6.07, 6.45) is -2.14. The third kappa shape index (κ3) is 4.69. The molecule has 128 valence electrons. The van der Waals surface area contributed by atoms with E-state index in [0.29, 0.717) is 15.8 Å². The van der Waals surface area contributed by atoms with Crippen molar-refractivity contribution in [2.75, 3.05) is 19.8 Å². The van der Waals surface area contributed by atoms with E-state index in [2.05, 4.69) is 10.6 Å². The van der Waals surface area contributed by atoms with Crippen LogP contribution < -0.4 is 15.4 Å². The predicted molar refractivity (Wildman–Crippen MR) is 84.8 cm³/mol. The molecule has 0 bridgehead atoms. The quantitative estimate of drug-likeness (QED) is 0.467. The minimum Gasteiger partial charge on any atom is -0.484 e. The van der Waals surface area contributed by atoms with E-state index in [-0.39, 0.29) is 19.8 Å². The van der Waals surface area contributed by atoms with Gasteiger partial charge in [0.05, 0.1) is 40.9 Å². The van der Waals surface area contributed by atoms with Crippen molar-refractivity contribution in [1.29, 1.82) is 0 Å². The normalized spacial score (nSPS) is 27.0. The van der Waals surface area contributed by atoms with Gasteiger partial charge in [-0.3, -0.25) is 4.79 Å². The van der Waals surface area contributed by atoms with Crippen molar-refractivity contribution < 1.29 is 24.9 Å². The number of carbonyl (C=O) groups excluding carboxylic acids is 1. The number of aliphatic hydroxyl groups excluding tert-OH is 3. The molecule has 0 aromatic heterocycles. The molecule has 1 fully saturated rings. The van der Waals surface area contributed by atoms with Crippen LogP contribution in [0.15, 0.2) is 18.2 Å². The van der Waals surface area contributed by atoms with Gasteiger partial charge < -0.3 is 30.7 Å². The smallest absolute Gasteiger partial charge is 0.257 e. The van der Waals surface area contributed by atoms with Gasteiger partial charge in [-0.25, -0.2) is 0 Å². The molecule has 1 aliphatic rings. The van der Waals surface area contributed by atoms with Crippen molar-refractivity contribution in [3.05, 3.63) is 28.2 Å². The van der Waals surface area contributed by atoms with Crippen molar-refractivity contribution in [3.63, 3.8) is 0 Å². The van der Waals surface area contributed by atoms with Crippen LogP contribution in [0.2, 0.25) is 10.0 Å². The average molecular weight is 365 g/mol. The molecule has 5 N–H and O–H groups in total. The van der Waals surface area contributed by atoms with Gasteiger partial charge in [-0.05, 0) is 12.1 Å². The van der Waals surface area contributed by atoms with Crippen molar-refractivity contribution in [2.24, 2.45) is 0 Å². The third-order valence-electron chi connectivity index (χ3n) is 3.58. The Morgan fingerprint density at radius 2 is 1.91 bits per heavy atom. The lowest BCUT2D eigenvalue weighted by atomic mass is 10.1. The molecule has 0 spiro atoms. The highest BCUT2D eigenvalue weighted by molar-refractivity contribution is 6.42. The first kappa shape index (κ1) is 18.3. The summed E-state index contributed by atoms with van der Waals surface area (Å²) in [7, 11) is 0. The lowest BCUT2D eigenvalue weighted by molar-refractivity contribution is -0.123. The van der Waals surface area contributed by atoms with Crippen LogP contribution in [0, 0.1) is 0 Å². The van der Waals surface area contributed by atoms with Crippen LogP contribution in [0.1, 0.15) is 0 Å². The zero-order valence-electron chi connectivity index (χ0n) is 12.1. The fourth-order valence-electron chi connectivity index (χ4n) is 2.28. The van der Waals surface area contributed by atoms with Crippen molar-refractivity contribution in [3.8, 4) is 5.75 Å². The Morgan fingerprint density at radius 3 is 2.52 bits per heavy atom. The fourth-order valence-corrected chi connectivity index (χ4v) is 2.57. The van der Waals surface area contributed by atoms with E-state index in [9.17, 15) is 15.0 Å². The van der Waals surface area contributed by atoms with E-state index in [1.807, 2.05) is 0 Å². The zero-order chi connectivity index (χ0) is 17.0. The molecule has 1 aliphatic heterocycles. The minimum atomic E-state index is -1.07. The first-order chi connectivity index (χ1) is 10.9. The first-order valence-corrected chi connectivity index (χ1v) is 7.75. The van der Waals surface area contributed by atoms with Gasteiger partial charge >= 0.3 is 0 Å². The van der Waals surface area contributed by atoms with E-state index < -0.39 is 30.2 Å². The number of ether oxygens (including phenoxy) is 1. The van der Waals surface area contributed by atoms with Gasteiger partial charge in [-0.15, -0.1) is 0 Å². The fraction of sp³-hybridized carbons (Fsp3) is 0.500. The summed E-state index contributed by atoms with van der Waals surface area (Å²) in [6, 6.07) is 3.50. The van der Waals surface area contributed by atoms with E-state index in [4.69, 9.17) is 33.0 Å². The highest BCUT2D eigenvalue weighted by Crippen LogP contribution is 2.26. The summed E-state index contributed by atoms with van der Waals surface area (Å²) < 4.78 is 5.28. The van der Waals surface area contributed by atoms with Gasteiger partial charge in [0.1, 0.15) is 5.75 Å². The molecular formula is C14H18Cl2N2O5. The molecule has 0 unspecified atom stereocenters. The number of nitrogens with one attached hydrogen (secondary N) is 2. The highest BCUT2D eigenvalue weighted by atomic mass is 35.5. The number of carbonyl (C=O) groups is 1. The third-order valence-corrected chi connectivity index (χ3v) is 4.32. The molecule has 2 rings (SSSR count). The molecular weight excluding hydrogens is 347 g/mol. The van der Waals surface area contributed by atoms with Crippen LogP contribution in [0.5, 0.6) is 5.75 Å². The largest absolute Gasteiger partial charge is 0.484 e. The lowest BCUT2D eigenvalue weighted by Crippen LogP contribution is -2.45. The maximum atomic E-state index is 11.7. The molecule has 9 heteroatoms. The summed E-state index contributed by atoms with van der Waals surface area (Å²) in [5.41, 5.74) is 0. The van der Waals surface area contributed by atoms with Gasteiger partial charge in [0, 0.05) is 12.6 Å². The zero-order valence-corrected chi connectivity index (χ0v) is 13.6. The molecule has 1 aromatic carbocycles. The van der Waals surface area contributed by atoms with Crippen LogP contribution in [0.25, 0.3) is 0 Å². The second-order valence-electron chi connectivity index (χ2n) is 5.21. The van der Waals surface area contributed by atoms with E-state index in [1.54, 1.807) is 12.1 Å². The Morgan fingerprint density at radius 1 is 1.22 bits per heavy atom. The predicted octanol–water partition coefficient (Wildman–Crippen LogP) is -0.457. The Balaban J connectivity index is 1.76. The average Bonchev–Trinajstić information content (AvgIpc) is 2.81. The second kappa shape index (κ2) is 8.14. The molecule has 0 radical (unpaired) electrons. The maximum Gasteiger partial charge on any atom is 0.257 e. The molecule has 1 heterocycles. The van der Waals surface area contributed by atoms with Crippen LogP contribution in [0.3, 0.4) is 0 Å². The molecule has 23 heavy (non-hydrogen) atoms. The van der Waals surface area contributed by atoms with Crippen LogP contribution in [-0.4, -0.2) is 65.3 Å². The SMILES string of the molecule is O=C(COc1ccc(Cl)c(Cl)c1)NC[C@H]1N[C@H](CO)[C@H](O)[C@@H]1O. The number of hydrogen-bond donors (Lipinski definition) is 5. The van der Waals surface area contributed by atoms with Gasteiger partial charge in [0.15, 0.2) is 6.61 Å². The summed E-state index contributed by atoms with van der Waals surface area (Å²) in [6.45, 7) is -0.436. The maximum absolute atomic E-state index is 11.7. The Bertz CT molecular complexity index is 560. The molecule has 1 amide bonds. The second-order valence-corrected chi connectivity index (χ2v) is 6.03. The summed E-state index contributed by atoms with van der Waals surface area (Å²) in [5, 5.41) is 34.6. The monoisotopic (exact) mass is 364 g/mol. The number of amides is 1. The van der Waals surface area contributed by atoms with Crippen LogP contribution in [0.4, 0.5) is 0 Å². The standard InChI is InChI=1S/C14H18Cl2N2O5/c15-8-2-1-7(3-9(8)16)23-6-12(20)17-4-10-13(21)14(22)11(5-19)18-10/h1-3,10-11,13-14,18-19,21-22H,4-6H2,(H,17,20)/t10-,11-,13-,14+/m1/s1. The van der Waals surface area contributed by atoms with Crippen molar-refractivity contribution in [1.82, 2.24) is 10.6 Å². The molecule has 0 saturated carbocycles. The summed E-state index contributed by atoms with van der Waals surface area (Å²) in [4.78, 5) is 11.7. The Hall–Kier alpha value is -1.09. The number of rotatable bonds is 6. The topological polar surface area (TPSA) is 111 Å². The summed E-state index contributed by atoms with van der Waals surface area (Å²) in [5.74, 6) is 0.0105. The highest BCUT2D eigenvalue weighted by Gasteiger charge is 2.40. The van der Waals surface area contributed by atoms with E-state index >= 15 is 0 Å². The van der Waals surface area contributed by atoms with E-state index in [1.165, 1.54) is 6.07 Å². The Labute approximate surface area is 143 Å². The van der Waals surface area contributed by atoms with Crippen LogP contribution >= 0.6 is 23.2 Å².